The summed E-state index contributed by atoms with van der Waals surface area (Å²) in [6.45, 7) is 7.58. The predicted molar refractivity (Wildman–Crippen MR) is 159 cm³/mol. The zero-order valence-electron chi connectivity index (χ0n) is 23.4. The standard InChI is InChI=1S/C31H39ClN2O5S/c1-4-25-20(2)17-34-18-31(14-6-8-22-15-24(32)11-12-26(22)31)19-39-29-13-10-23(16-27(29)34)30(36)33-40(37,38)21(3)7-5-9-28(25)35/h5,7,10-13,15-16,20-21,25,28,35H,4,6,8-9,14,17-19H2,1-3H3,(H,33,36)/b7-5+/t20-,21+,25+,28-,31-/m0/s1. The van der Waals surface area contributed by atoms with Gasteiger partial charge in [0.05, 0.1) is 23.6 Å². The van der Waals surface area contributed by atoms with Crippen LogP contribution in [0.25, 0.3) is 0 Å². The van der Waals surface area contributed by atoms with Crippen molar-refractivity contribution in [3.63, 3.8) is 0 Å². The number of fused-ring (bicyclic) bond motifs is 3. The van der Waals surface area contributed by atoms with Gasteiger partial charge in [-0.05, 0) is 85.9 Å². The molecule has 2 aliphatic heterocycles. The smallest absolute Gasteiger partial charge is 0.264 e. The molecule has 9 heteroatoms. The number of amides is 1. The number of nitrogens with one attached hydrogen (secondary N) is 1. The van der Waals surface area contributed by atoms with Crippen LogP contribution < -0.4 is 14.4 Å². The zero-order chi connectivity index (χ0) is 28.7. The number of benzene rings is 2. The summed E-state index contributed by atoms with van der Waals surface area (Å²) in [5.41, 5.74) is 3.24. The summed E-state index contributed by atoms with van der Waals surface area (Å²) in [6, 6.07) is 11.3. The van der Waals surface area contributed by atoms with Crippen LogP contribution in [-0.4, -0.2) is 50.5 Å². The molecule has 1 aliphatic carbocycles. The van der Waals surface area contributed by atoms with Crippen LogP contribution in [0.4, 0.5) is 5.69 Å². The molecule has 1 spiro atoms. The SMILES string of the molecule is CC[C@@H]1[C@@H](C)CN2C[C@@]3(CCCc4cc(Cl)ccc43)COc3ccc(cc32)C(=O)NS(=O)(=O)[C@H](C)/C=C/C[C@@H]1O. The first-order chi connectivity index (χ1) is 19.0. The number of aliphatic hydroxyl groups is 1. The third-order valence-corrected chi connectivity index (χ3v) is 10.9. The van der Waals surface area contributed by atoms with Crippen LogP contribution in [-0.2, 0) is 21.9 Å². The van der Waals surface area contributed by atoms with Crippen LogP contribution in [0.2, 0.25) is 5.02 Å². The van der Waals surface area contributed by atoms with Crippen LogP contribution >= 0.6 is 11.6 Å². The molecule has 216 valence electrons. The van der Waals surface area contributed by atoms with Crippen molar-refractivity contribution in [2.24, 2.45) is 11.8 Å². The summed E-state index contributed by atoms with van der Waals surface area (Å²) < 4.78 is 34.5. The van der Waals surface area contributed by atoms with Crippen molar-refractivity contribution in [3.05, 3.63) is 70.3 Å². The lowest BCUT2D eigenvalue weighted by Crippen LogP contribution is -2.47. The van der Waals surface area contributed by atoms with Gasteiger partial charge in [0.2, 0.25) is 10.0 Å². The van der Waals surface area contributed by atoms with E-state index in [1.807, 2.05) is 6.07 Å². The molecule has 0 unspecified atom stereocenters. The van der Waals surface area contributed by atoms with E-state index < -0.39 is 27.3 Å². The molecule has 1 amide bonds. The molecule has 5 rings (SSSR count). The normalized spacial score (nSPS) is 31.1. The van der Waals surface area contributed by atoms with E-state index >= 15 is 0 Å². The van der Waals surface area contributed by atoms with Gasteiger partial charge in [0.15, 0.2) is 0 Å². The third-order valence-electron chi connectivity index (χ3n) is 9.01. The summed E-state index contributed by atoms with van der Waals surface area (Å²) in [4.78, 5) is 15.5. The van der Waals surface area contributed by atoms with Gasteiger partial charge in [-0.1, -0.05) is 50.1 Å². The molecule has 0 fully saturated rings. The van der Waals surface area contributed by atoms with Crippen molar-refractivity contribution in [2.45, 2.75) is 69.6 Å². The minimum atomic E-state index is -3.95. The number of rotatable bonds is 1. The van der Waals surface area contributed by atoms with Gasteiger partial charge in [-0.15, -0.1) is 0 Å². The molecule has 2 bridgehead atoms. The van der Waals surface area contributed by atoms with E-state index in [-0.39, 0.29) is 22.8 Å². The number of carbonyl (C=O) groups excluding carboxylic acids is 1. The summed E-state index contributed by atoms with van der Waals surface area (Å²) in [5.74, 6) is 0.116. The van der Waals surface area contributed by atoms with Crippen LogP contribution in [0.5, 0.6) is 5.75 Å². The molecule has 0 saturated carbocycles. The number of nitrogens with zero attached hydrogens (tertiary/aromatic N) is 1. The maximum atomic E-state index is 13.2. The van der Waals surface area contributed by atoms with E-state index in [9.17, 15) is 18.3 Å². The summed E-state index contributed by atoms with van der Waals surface area (Å²) in [5, 5.41) is 11.0. The molecule has 2 aromatic carbocycles. The second-order valence-corrected chi connectivity index (χ2v) is 14.2. The molecule has 0 radical (unpaired) electrons. The highest BCUT2D eigenvalue weighted by atomic mass is 35.5. The Bertz CT molecular complexity index is 1410. The molecular weight excluding hydrogens is 548 g/mol. The summed E-state index contributed by atoms with van der Waals surface area (Å²) >= 11 is 6.37. The van der Waals surface area contributed by atoms with Gasteiger partial charge in [0.1, 0.15) is 5.75 Å². The molecule has 2 N–H and O–H groups in total. The number of aliphatic hydroxyl groups excluding tert-OH is 1. The fourth-order valence-corrected chi connectivity index (χ4v) is 7.84. The average molecular weight is 587 g/mol. The number of halogens is 1. The van der Waals surface area contributed by atoms with Gasteiger partial charge in [0, 0.05) is 29.1 Å². The first kappa shape index (κ1) is 29.0. The van der Waals surface area contributed by atoms with E-state index in [4.69, 9.17) is 16.3 Å². The van der Waals surface area contributed by atoms with Crippen LogP contribution in [0.1, 0.15) is 67.9 Å². The number of sulfonamides is 1. The predicted octanol–water partition coefficient (Wildman–Crippen LogP) is 5.24. The van der Waals surface area contributed by atoms with Crippen molar-refractivity contribution in [1.29, 1.82) is 0 Å². The van der Waals surface area contributed by atoms with Gasteiger partial charge in [-0.25, -0.2) is 13.1 Å². The first-order valence-corrected chi connectivity index (χ1v) is 16.2. The number of hydrogen-bond donors (Lipinski definition) is 2. The fraction of sp³-hybridized carbons (Fsp3) is 0.516. The second kappa shape index (κ2) is 11.4. The molecule has 5 atom stereocenters. The Hall–Kier alpha value is -2.55. The topological polar surface area (TPSA) is 95.9 Å². The van der Waals surface area contributed by atoms with Crippen molar-refractivity contribution in [2.75, 3.05) is 24.6 Å². The quantitative estimate of drug-likeness (QED) is 0.444. The van der Waals surface area contributed by atoms with E-state index in [1.165, 1.54) is 18.1 Å². The Labute approximate surface area is 242 Å². The number of aryl methyl sites for hydroxylation is 1. The molecular formula is C31H39ClN2O5S. The summed E-state index contributed by atoms with van der Waals surface area (Å²) in [6.07, 6.45) is 6.70. The first-order valence-electron chi connectivity index (χ1n) is 14.2. The Morgan fingerprint density at radius 3 is 2.77 bits per heavy atom. The highest BCUT2D eigenvalue weighted by molar-refractivity contribution is 7.90. The minimum Gasteiger partial charge on any atom is -0.490 e. The van der Waals surface area contributed by atoms with Crippen LogP contribution in [0, 0.1) is 11.8 Å². The maximum Gasteiger partial charge on any atom is 0.264 e. The third kappa shape index (κ3) is 5.63. The highest BCUT2D eigenvalue weighted by Gasteiger charge is 2.42. The van der Waals surface area contributed by atoms with E-state index in [1.54, 1.807) is 30.4 Å². The Morgan fingerprint density at radius 2 is 2.00 bits per heavy atom. The molecule has 0 saturated heterocycles. The van der Waals surface area contributed by atoms with Gasteiger partial charge in [-0.3, -0.25) is 4.79 Å². The summed E-state index contributed by atoms with van der Waals surface area (Å²) in [7, 11) is -3.95. The lowest BCUT2D eigenvalue weighted by Gasteiger charge is -2.42. The van der Waals surface area contributed by atoms with E-state index in [2.05, 4.69) is 35.6 Å². The van der Waals surface area contributed by atoms with Gasteiger partial charge >= 0.3 is 0 Å². The molecule has 3 aliphatic rings. The van der Waals surface area contributed by atoms with E-state index in [0.717, 1.165) is 36.4 Å². The Kier molecular flexibility index (Phi) is 8.24. The van der Waals surface area contributed by atoms with Crippen LogP contribution in [0.3, 0.4) is 0 Å². The molecule has 40 heavy (non-hydrogen) atoms. The highest BCUT2D eigenvalue weighted by Crippen LogP contribution is 2.45. The zero-order valence-corrected chi connectivity index (χ0v) is 25.0. The number of hydrogen-bond acceptors (Lipinski definition) is 6. The van der Waals surface area contributed by atoms with Crippen molar-refractivity contribution < 1.29 is 23.1 Å². The Balaban J connectivity index is 1.61. The largest absolute Gasteiger partial charge is 0.490 e. The Morgan fingerprint density at radius 1 is 1.20 bits per heavy atom. The van der Waals surface area contributed by atoms with Crippen molar-refractivity contribution in [3.8, 4) is 5.75 Å². The van der Waals surface area contributed by atoms with E-state index in [0.29, 0.717) is 31.9 Å². The molecule has 7 nitrogen and oxygen atoms in total. The van der Waals surface area contributed by atoms with Gasteiger partial charge < -0.3 is 14.7 Å². The number of ether oxygens (including phenoxy) is 1. The number of anilines is 1. The van der Waals surface area contributed by atoms with Gasteiger partial charge in [-0.2, -0.15) is 0 Å². The fourth-order valence-electron chi connectivity index (χ4n) is 6.76. The lowest BCUT2D eigenvalue weighted by atomic mass is 9.70. The number of carbonyl (C=O) groups is 1. The second-order valence-electron chi connectivity index (χ2n) is 11.7. The molecule has 0 aromatic heterocycles. The minimum absolute atomic E-state index is 0.00523. The molecule has 2 heterocycles. The molecule has 2 aromatic rings. The monoisotopic (exact) mass is 586 g/mol. The maximum absolute atomic E-state index is 13.2. The van der Waals surface area contributed by atoms with Crippen molar-refractivity contribution in [1.82, 2.24) is 4.72 Å². The van der Waals surface area contributed by atoms with Crippen LogP contribution in [0.15, 0.2) is 48.6 Å². The lowest BCUT2D eigenvalue weighted by molar-refractivity contribution is 0.0776. The average Bonchev–Trinajstić information content (AvgIpc) is 3.05. The van der Waals surface area contributed by atoms with Gasteiger partial charge in [0.25, 0.3) is 5.91 Å². The van der Waals surface area contributed by atoms with Crippen molar-refractivity contribution >= 4 is 33.2 Å².